The van der Waals surface area contributed by atoms with Gasteiger partial charge in [-0.05, 0) is 55.7 Å². The van der Waals surface area contributed by atoms with Gasteiger partial charge >= 0.3 is 0 Å². The van der Waals surface area contributed by atoms with Crippen molar-refractivity contribution in [3.05, 3.63) is 34.6 Å². The summed E-state index contributed by atoms with van der Waals surface area (Å²) in [6.45, 7) is 2.10. The van der Waals surface area contributed by atoms with Crippen LogP contribution in [0.2, 0.25) is 0 Å². The Morgan fingerprint density at radius 2 is 1.48 bits per heavy atom. The van der Waals surface area contributed by atoms with E-state index in [-0.39, 0.29) is 5.82 Å². The average Bonchev–Trinajstić information content (AvgIpc) is 3.12. The van der Waals surface area contributed by atoms with Crippen LogP contribution in [0.5, 0.6) is 0 Å². The molecule has 1 nitrogen and oxygen atoms in total. The van der Waals surface area contributed by atoms with Crippen molar-refractivity contribution in [1.82, 2.24) is 0 Å². The van der Waals surface area contributed by atoms with Crippen molar-refractivity contribution in [1.29, 1.82) is 0 Å². The lowest BCUT2D eigenvalue weighted by Gasteiger charge is -2.13. The van der Waals surface area contributed by atoms with Crippen LogP contribution in [0.3, 0.4) is 0 Å². The van der Waals surface area contributed by atoms with Crippen LogP contribution in [0.15, 0.2) is 28.7 Å². The molecule has 0 heterocycles. The summed E-state index contributed by atoms with van der Waals surface area (Å²) in [7, 11) is 0. The van der Waals surface area contributed by atoms with Crippen molar-refractivity contribution in [2.24, 2.45) is 11.8 Å². The van der Waals surface area contributed by atoms with Crippen LogP contribution < -0.4 is 0 Å². The molecule has 2 fully saturated rings. The van der Waals surface area contributed by atoms with Crippen LogP contribution in [-0.2, 0) is 4.74 Å². The fraction of sp³-hybridized carbons (Fsp3) is 0.667. The lowest BCUT2D eigenvalue weighted by atomic mass is 10.1. The van der Waals surface area contributed by atoms with E-state index in [1.54, 1.807) is 12.1 Å². The Morgan fingerprint density at radius 1 is 0.952 bits per heavy atom. The third kappa shape index (κ3) is 6.92. The molecular weight excluding hydrogens is 331 g/mol. The van der Waals surface area contributed by atoms with Gasteiger partial charge < -0.3 is 4.74 Å². The highest BCUT2D eigenvalue weighted by molar-refractivity contribution is 9.10. The Kier molecular flexibility index (Phi) is 7.73. The van der Waals surface area contributed by atoms with Gasteiger partial charge in [0.05, 0.1) is 0 Å². The molecule has 0 radical (unpaired) electrons. The summed E-state index contributed by atoms with van der Waals surface area (Å²) >= 11 is 3.12. The largest absolute Gasteiger partial charge is 0.381 e. The molecule has 0 amide bonds. The van der Waals surface area contributed by atoms with Crippen LogP contribution >= 0.6 is 15.9 Å². The predicted octanol–water partition coefficient (Wildman–Crippen LogP) is 5.97. The minimum Gasteiger partial charge on any atom is -0.381 e. The maximum atomic E-state index is 12.1. The summed E-state index contributed by atoms with van der Waals surface area (Å²) in [5, 5.41) is 0. The van der Waals surface area contributed by atoms with Crippen molar-refractivity contribution < 1.29 is 9.13 Å². The first-order valence-electron chi connectivity index (χ1n) is 8.23. The first kappa shape index (κ1) is 17.0. The molecule has 3 heteroatoms. The number of hydrogen-bond acceptors (Lipinski definition) is 1. The number of hydrogen-bond donors (Lipinski definition) is 0. The smallest absolute Gasteiger partial charge is 0.124 e. The fourth-order valence-corrected chi connectivity index (χ4v) is 3.59. The summed E-state index contributed by atoms with van der Waals surface area (Å²) in [6.07, 6.45) is 11.5. The lowest BCUT2D eigenvalue weighted by molar-refractivity contribution is 0.0743. The third-order valence-corrected chi connectivity index (χ3v) is 4.94. The quantitative estimate of drug-likeness (QED) is 0.645. The molecule has 1 aromatic rings. The van der Waals surface area contributed by atoms with Crippen LogP contribution in [0, 0.1) is 17.7 Å². The van der Waals surface area contributed by atoms with Crippen LogP contribution in [0.1, 0.15) is 51.4 Å². The van der Waals surface area contributed by atoms with Crippen molar-refractivity contribution >= 4 is 15.9 Å². The molecule has 2 saturated carbocycles. The van der Waals surface area contributed by atoms with Gasteiger partial charge in [0.2, 0.25) is 0 Å². The molecule has 2 aliphatic carbocycles. The molecule has 0 aromatic heterocycles. The van der Waals surface area contributed by atoms with E-state index in [1.165, 1.54) is 63.5 Å². The molecule has 0 unspecified atom stereocenters. The van der Waals surface area contributed by atoms with Gasteiger partial charge in [0, 0.05) is 17.7 Å². The zero-order chi connectivity index (χ0) is 14.9. The second kappa shape index (κ2) is 9.58. The van der Waals surface area contributed by atoms with Gasteiger partial charge in [-0.2, -0.15) is 0 Å². The number of ether oxygens (including phenoxy) is 1. The van der Waals surface area contributed by atoms with Crippen LogP contribution in [-0.4, -0.2) is 13.2 Å². The molecule has 0 aliphatic heterocycles. The maximum Gasteiger partial charge on any atom is 0.124 e. The summed E-state index contributed by atoms with van der Waals surface area (Å²) in [4.78, 5) is 0. The fourth-order valence-electron chi connectivity index (χ4n) is 3.22. The molecule has 2 aliphatic rings. The summed E-state index contributed by atoms with van der Waals surface area (Å²) in [5.74, 6) is 1.60. The van der Waals surface area contributed by atoms with Gasteiger partial charge in [0.25, 0.3) is 0 Å². The van der Waals surface area contributed by atoms with Crippen molar-refractivity contribution in [3.63, 3.8) is 0 Å². The molecule has 0 N–H and O–H groups in total. The van der Waals surface area contributed by atoms with E-state index in [1.807, 2.05) is 0 Å². The second-order valence-electron chi connectivity index (χ2n) is 6.28. The van der Waals surface area contributed by atoms with Gasteiger partial charge in [-0.15, -0.1) is 0 Å². The molecule has 21 heavy (non-hydrogen) atoms. The highest BCUT2D eigenvalue weighted by atomic mass is 79.9. The van der Waals surface area contributed by atoms with E-state index in [9.17, 15) is 4.39 Å². The second-order valence-corrected chi connectivity index (χ2v) is 7.19. The van der Waals surface area contributed by atoms with E-state index >= 15 is 0 Å². The molecule has 0 spiro atoms. The number of benzene rings is 1. The number of halogens is 2. The van der Waals surface area contributed by atoms with Crippen LogP contribution in [0.25, 0.3) is 0 Å². The van der Waals surface area contributed by atoms with E-state index in [0.717, 1.165) is 29.5 Å². The van der Waals surface area contributed by atoms with E-state index < -0.39 is 0 Å². The van der Waals surface area contributed by atoms with Gasteiger partial charge in [0.15, 0.2) is 0 Å². The third-order valence-electron chi connectivity index (χ3n) is 4.44. The Bertz CT molecular complexity index is 365. The van der Waals surface area contributed by atoms with Gasteiger partial charge in [0.1, 0.15) is 5.82 Å². The van der Waals surface area contributed by atoms with E-state index in [0.29, 0.717) is 0 Å². The predicted molar refractivity (Wildman–Crippen MR) is 88.8 cm³/mol. The van der Waals surface area contributed by atoms with Crippen molar-refractivity contribution in [2.45, 2.75) is 51.4 Å². The Balaban J connectivity index is 0.000000173. The first-order chi connectivity index (χ1) is 10.2. The molecule has 0 atom stereocenters. The molecule has 0 saturated heterocycles. The zero-order valence-electron chi connectivity index (χ0n) is 12.7. The van der Waals surface area contributed by atoms with Gasteiger partial charge in [-0.1, -0.05) is 47.7 Å². The van der Waals surface area contributed by atoms with Gasteiger partial charge in [-0.25, -0.2) is 4.39 Å². The SMILES string of the molecule is C1CCC(COCC2CCCC2)C1.Fc1cccc(Br)c1. The highest BCUT2D eigenvalue weighted by Gasteiger charge is 2.18. The highest BCUT2D eigenvalue weighted by Crippen LogP contribution is 2.27. The lowest BCUT2D eigenvalue weighted by Crippen LogP contribution is -2.11. The minimum absolute atomic E-state index is 0.209. The average molecular weight is 357 g/mol. The molecule has 0 bridgehead atoms. The Morgan fingerprint density at radius 3 is 1.86 bits per heavy atom. The van der Waals surface area contributed by atoms with E-state index in [4.69, 9.17) is 4.74 Å². The van der Waals surface area contributed by atoms with Crippen LogP contribution in [0.4, 0.5) is 4.39 Å². The summed E-state index contributed by atoms with van der Waals surface area (Å²) < 4.78 is 18.7. The Hall–Kier alpha value is -0.410. The monoisotopic (exact) mass is 356 g/mol. The van der Waals surface area contributed by atoms with Crippen molar-refractivity contribution in [3.8, 4) is 0 Å². The maximum absolute atomic E-state index is 12.1. The summed E-state index contributed by atoms with van der Waals surface area (Å²) in [5.41, 5.74) is 0. The molecular formula is C18H26BrFO. The van der Waals surface area contributed by atoms with Gasteiger partial charge in [-0.3, -0.25) is 0 Å². The molecule has 3 rings (SSSR count). The molecule has 118 valence electrons. The van der Waals surface area contributed by atoms with Crippen molar-refractivity contribution in [2.75, 3.05) is 13.2 Å². The standard InChI is InChI=1S/C12H22O.C6H4BrF/c1-2-6-11(5-1)9-13-10-12-7-3-4-8-12;7-5-2-1-3-6(8)4-5/h11-12H,1-10H2;1-4H. The van der Waals surface area contributed by atoms with E-state index in [2.05, 4.69) is 15.9 Å². The minimum atomic E-state index is -0.209. The normalized spacial score (nSPS) is 19.5. The summed E-state index contributed by atoms with van der Waals surface area (Å²) in [6, 6.07) is 6.26. The molecule has 1 aromatic carbocycles. The topological polar surface area (TPSA) is 9.23 Å². The number of rotatable bonds is 4. The Labute approximate surface area is 136 Å². The first-order valence-corrected chi connectivity index (χ1v) is 9.02. The zero-order valence-corrected chi connectivity index (χ0v) is 14.3.